The zero-order valence-corrected chi connectivity index (χ0v) is 15.3. The topological polar surface area (TPSA) is 93.7 Å². The number of anilines is 1. The van der Waals surface area contributed by atoms with Crippen LogP contribution in [0.3, 0.4) is 0 Å². The molecule has 0 unspecified atom stereocenters. The largest absolute Gasteiger partial charge is 0.449 e. The van der Waals surface area contributed by atoms with Crippen LogP contribution >= 0.6 is 11.3 Å². The third-order valence-corrected chi connectivity index (χ3v) is 4.25. The van der Waals surface area contributed by atoms with Crippen molar-refractivity contribution in [1.82, 2.24) is 5.32 Å². The summed E-state index contributed by atoms with van der Waals surface area (Å²) in [5.41, 5.74) is 0.848. The maximum absolute atomic E-state index is 12.1. The van der Waals surface area contributed by atoms with Gasteiger partial charge in [0.25, 0.3) is 11.8 Å². The van der Waals surface area contributed by atoms with E-state index in [0.29, 0.717) is 23.7 Å². The van der Waals surface area contributed by atoms with Gasteiger partial charge in [-0.2, -0.15) is 0 Å². The van der Waals surface area contributed by atoms with Gasteiger partial charge in [-0.25, -0.2) is 4.79 Å². The summed E-state index contributed by atoms with van der Waals surface area (Å²) in [6.45, 7) is 2.22. The van der Waals surface area contributed by atoms with Crippen molar-refractivity contribution in [3.63, 3.8) is 0 Å². The number of hydrogen-bond donors (Lipinski definition) is 2. The molecule has 2 N–H and O–H groups in total. The summed E-state index contributed by atoms with van der Waals surface area (Å²) in [6.07, 6.45) is -0.919. The summed E-state index contributed by atoms with van der Waals surface area (Å²) >= 11 is 1.34. The average Bonchev–Trinajstić information content (AvgIpc) is 3.17. The minimum absolute atomic E-state index is 0.211. The van der Waals surface area contributed by atoms with Crippen LogP contribution in [0.15, 0.2) is 41.8 Å². The zero-order chi connectivity index (χ0) is 18.9. The SMILES string of the molecule is COCCNC(=O)[C@H](C)OC(=O)c1ccc(NC(=O)c2cccs2)cc1. The third-order valence-electron chi connectivity index (χ3n) is 3.38. The quantitative estimate of drug-likeness (QED) is 0.545. The molecule has 0 aliphatic rings. The summed E-state index contributed by atoms with van der Waals surface area (Å²) in [5.74, 6) is -1.22. The van der Waals surface area contributed by atoms with E-state index in [0.717, 1.165) is 0 Å². The van der Waals surface area contributed by atoms with Crippen molar-refractivity contribution in [2.24, 2.45) is 0 Å². The first-order chi connectivity index (χ1) is 12.5. The molecule has 0 bridgehead atoms. The van der Waals surface area contributed by atoms with Crippen molar-refractivity contribution >= 4 is 34.8 Å². The molecular formula is C18H20N2O5S. The molecule has 0 aliphatic heterocycles. The van der Waals surface area contributed by atoms with E-state index in [2.05, 4.69) is 10.6 Å². The number of esters is 1. The summed E-state index contributed by atoms with van der Waals surface area (Å²) in [7, 11) is 1.53. The monoisotopic (exact) mass is 376 g/mol. The molecule has 0 radical (unpaired) electrons. The summed E-state index contributed by atoms with van der Waals surface area (Å²) in [6, 6.07) is 9.79. The number of thiophene rings is 1. The highest BCUT2D eigenvalue weighted by Crippen LogP contribution is 2.15. The first-order valence-corrected chi connectivity index (χ1v) is 8.81. The molecule has 1 aromatic carbocycles. The smallest absolute Gasteiger partial charge is 0.338 e. The van der Waals surface area contributed by atoms with Crippen molar-refractivity contribution in [2.45, 2.75) is 13.0 Å². The van der Waals surface area contributed by atoms with Crippen molar-refractivity contribution in [3.8, 4) is 0 Å². The van der Waals surface area contributed by atoms with Gasteiger partial charge in [0.15, 0.2) is 6.10 Å². The van der Waals surface area contributed by atoms with Crippen molar-refractivity contribution in [1.29, 1.82) is 0 Å². The molecular weight excluding hydrogens is 356 g/mol. The molecule has 2 amide bonds. The number of hydrogen-bond acceptors (Lipinski definition) is 6. The Morgan fingerprint density at radius 1 is 1.15 bits per heavy atom. The number of ether oxygens (including phenoxy) is 2. The van der Waals surface area contributed by atoms with Gasteiger partial charge >= 0.3 is 5.97 Å². The maximum Gasteiger partial charge on any atom is 0.338 e. The molecule has 0 saturated heterocycles. The second-order valence-corrected chi connectivity index (χ2v) is 6.29. The molecule has 7 nitrogen and oxygen atoms in total. The van der Waals surface area contributed by atoms with Crippen molar-refractivity contribution in [2.75, 3.05) is 25.6 Å². The summed E-state index contributed by atoms with van der Waals surface area (Å²) in [5, 5.41) is 7.16. The highest BCUT2D eigenvalue weighted by Gasteiger charge is 2.18. The minimum Gasteiger partial charge on any atom is -0.449 e. The molecule has 2 rings (SSSR count). The Morgan fingerprint density at radius 2 is 1.88 bits per heavy atom. The molecule has 1 atom stereocenters. The molecule has 0 aliphatic carbocycles. The Labute approximate surface area is 155 Å². The van der Waals surface area contributed by atoms with E-state index < -0.39 is 18.0 Å². The first kappa shape index (κ1) is 19.6. The van der Waals surface area contributed by atoms with E-state index in [9.17, 15) is 14.4 Å². The molecule has 8 heteroatoms. The van der Waals surface area contributed by atoms with E-state index in [1.54, 1.807) is 24.3 Å². The molecule has 0 fully saturated rings. The van der Waals surface area contributed by atoms with Crippen molar-refractivity contribution < 1.29 is 23.9 Å². The van der Waals surface area contributed by atoms with Crippen LogP contribution in [0.1, 0.15) is 27.0 Å². The molecule has 1 heterocycles. The van der Waals surface area contributed by atoms with Crippen LogP contribution in [0.4, 0.5) is 5.69 Å². The van der Waals surface area contributed by atoms with Gasteiger partial charge in [0.1, 0.15) is 0 Å². The summed E-state index contributed by atoms with van der Waals surface area (Å²) in [4.78, 5) is 36.5. The highest BCUT2D eigenvalue weighted by atomic mass is 32.1. The van der Waals surface area contributed by atoms with E-state index >= 15 is 0 Å². The average molecular weight is 376 g/mol. The zero-order valence-electron chi connectivity index (χ0n) is 14.5. The van der Waals surface area contributed by atoms with Crippen LogP contribution in [-0.2, 0) is 14.3 Å². The van der Waals surface area contributed by atoms with E-state index in [-0.39, 0.29) is 11.5 Å². The lowest BCUT2D eigenvalue weighted by molar-refractivity contribution is -0.129. The predicted molar refractivity (Wildman–Crippen MR) is 98.5 cm³/mol. The number of rotatable bonds is 8. The third kappa shape index (κ3) is 5.68. The molecule has 138 valence electrons. The number of amides is 2. The van der Waals surface area contributed by atoms with E-state index in [1.807, 2.05) is 5.38 Å². The number of carbonyl (C=O) groups excluding carboxylic acids is 3. The van der Waals surface area contributed by atoms with E-state index in [1.165, 1.54) is 37.5 Å². The van der Waals surface area contributed by atoms with Crippen LogP contribution < -0.4 is 10.6 Å². The number of methoxy groups -OCH3 is 1. The standard InChI is InChI=1S/C18H20N2O5S/c1-12(16(21)19-9-10-24-2)25-18(23)13-5-7-14(8-6-13)20-17(22)15-4-3-11-26-15/h3-8,11-12H,9-10H2,1-2H3,(H,19,21)(H,20,22)/t12-/m0/s1. The first-order valence-electron chi connectivity index (χ1n) is 7.94. The Balaban J connectivity index is 1.87. The van der Waals surface area contributed by atoms with Crippen LogP contribution in [0, 0.1) is 0 Å². The second-order valence-electron chi connectivity index (χ2n) is 5.34. The predicted octanol–water partition coefficient (Wildman–Crippen LogP) is 2.31. The highest BCUT2D eigenvalue weighted by molar-refractivity contribution is 7.12. The van der Waals surface area contributed by atoms with Gasteiger partial charge < -0.3 is 20.1 Å². The normalized spacial score (nSPS) is 11.5. The lowest BCUT2D eigenvalue weighted by Crippen LogP contribution is -2.37. The van der Waals surface area contributed by atoms with Gasteiger partial charge in [-0.1, -0.05) is 6.07 Å². The number of carbonyl (C=O) groups is 3. The molecule has 1 aromatic heterocycles. The fourth-order valence-electron chi connectivity index (χ4n) is 1.99. The van der Waals surface area contributed by atoms with Gasteiger partial charge in [-0.15, -0.1) is 11.3 Å². The summed E-state index contributed by atoms with van der Waals surface area (Å²) < 4.78 is 9.96. The number of benzene rings is 1. The Bertz CT molecular complexity index is 743. The second kappa shape index (κ2) is 9.69. The van der Waals surface area contributed by atoms with Gasteiger partial charge in [-0.05, 0) is 42.6 Å². The molecule has 0 saturated carbocycles. The van der Waals surface area contributed by atoms with Gasteiger partial charge in [0.2, 0.25) is 0 Å². The van der Waals surface area contributed by atoms with Crippen molar-refractivity contribution in [3.05, 3.63) is 52.2 Å². The molecule has 2 aromatic rings. The van der Waals surface area contributed by atoms with Crippen LogP contribution in [0.2, 0.25) is 0 Å². The molecule has 0 spiro atoms. The van der Waals surface area contributed by atoms with Gasteiger partial charge in [0, 0.05) is 19.3 Å². The Morgan fingerprint density at radius 3 is 2.50 bits per heavy atom. The number of nitrogens with one attached hydrogen (secondary N) is 2. The lowest BCUT2D eigenvalue weighted by Gasteiger charge is -2.13. The Hall–Kier alpha value is -2.71. The Kier molecular flexibility index (Phi) is 7.31. The van der Waals surface area contributed by atoms with Crippen LogP contribution in [0.5, 0.6) is 0 Å². The van der Waals surface area contributed by atoms with Gasteiger partial charge in [0.05, 0.1) is 17.0 Å². The van der Waals surface area contributed by atoms with Crippen LogP contribution in [0.25, 0.3) is 0 Å². The van der Waals surface area contributed by atoms with E-state index in [4.69, 9.17) is 9.47 Å². The molecule has 26 heavy (non-hydrogen) atoms. The fourth-order valence-corrected chi connectivity index (χ4v) is 2.61. The maximum atomic E-state index is 12.1. The fraction of sp³-hybridized carbons (Fsp3) is 0.278. The van der Waals surface area contributed by atoms with Gasteiger partial charge in [-0.3, -0.25) is 9.59 Å². The lowest BCUT2D eigenvalue weighted by atomic mass is 10.2. The van der Waals surface area contributed by atoms with Crippen LogP contribution in [-0.4, -0.2) is 44.1 Å². The minimum atomic E-state index is -0.919.